The molecule has 1 unspecified atom stereocenters. The van der Waals surface area contributed by atoms with Crippen LogP contribution in [-0.4, -0.2) is 47.2 Å². The summed E-state index contributed by atoms with van der Waals surface area (Å²) in [6, 6.07) is 0. The summed E-state index contributed by atoms with van der Waals surface area (Å²) in [4.78, 5) is 23.1. The van der Waals surface area contributed by atoms with E-state index in [4.69, 9.17) is 17.8 Å². The van der Waals surface area contributed by atoms with Crippen LogP contribution in [0, 0.1) is 0 Å². The molecule has 0 aromatic rings. The van der Waals surface area contributed by atoms with Crippen molar-refractivity contribution in [1.82, 2.24) is 5.32 Å². The summed E-state index contributed by atoms with van der Waals surface area (Å²) in [6.45, 7) is 7.29. The Morgan fingerprint density at radius 3 is 2.52 bits per heavy atom. The van der Waals surface area contributed by atoms with Crippen molar-refractivity contribution in [1.29, 1.82) is 0 Å². The Hall–Kier alpha value is -1.19. The van der Waals surface area contributed by atoms with E-state index < -0.39 is 41.2 Å². The van der Waals surface area contributed by atoms with Crippen LogP contribution in [0.15, 0.2) is 0 Å². The average Bonchev–Trinajstić information content (AvgIpc) is 2.68. The zero-order chi connectivity index (χ0) is 16.0. The van der Waals surface area contributed by atoms with Gasteiger partial charge in [0.05, 0.1) is 6.61 Å². The summed E-state index contributed by atoms with van der Waals surface area (Å²) in [7, 11) is 0. The quantitative estimate of drug-likeness (QED) is 0.748. The molecular weight excluding hydrogens is 302 g/mol. The van der Waals surface area contributed by atoms with Crippen LogP contribution in [0.3, 0.4) is 0 Å². The van der Waals surface area contributed by atoms with E-state index in [1.807, 2.05) is 0 Å². The summed E-state index contributed by atoms with van der Waals surface area (Å²) in [5.74, 6) is -0.634. The van der Waals surface area contributed by atoms with Crippen LogP contribution in [-0.2, 0) is 34.0 Å². The van der Waals surface area contributed by atoms with Gasteiger partial charge < -0.3 is 14.8 Å². The third-order valence-electron chi connectivity index (χ3n) is 2.34. The molecule has 1 heterocycles. The van der Waals surface area contributed by atoms with E-state index in [0.29, 0.717) is 0 Å². The molecule has 0 saturated carbocycles. The Balaban J connectivity index is 2.40. The molecule has 1 aliphatic rings. The first-order valence-corrected chi connectivity index (χ1v) is 7.62. The minimum Gasteiger partial charge on any atom is -0.464 e. The van der Waals surface area contributed by atoms with Crippen molar-refractivity contribution in [2.75, 3.05) is 13.2 Å². The normalized spacial score (nSPS) is 25.4. The van der Waals surface area contributed by atoms with Crippen molar-refractivity contribution < 1.29 is 31.6 Å². The fraction of sp³-hybridized carbons (Fsp3) is 0.833. The van der Waals surface area contributed by atoms with Gasteiger partial charge in [-0.2, -0.15) is 4.21 Å². The molecule has 122 valence electrons. The molecule has 0 radical (unpaired) electrons. The molecule has 0 aliphatic carbocycles. The Labute approximate surface area is 126 Å². The lowest BCUT2D eigenvalue weighted by atomic mass is 10.1. The number of hydrogen-bond acceptors (Lipinski definition) is 7. The third kappa shape index (κ3) is 6.40. The number of amides is 1. The van der Waals surface area contributed by atoms with Crippen molar-refractivity contribution in [3.05, 3.63) is 0 Å². The molecule has 1 amide bonds. The summed E-state index contributed by atoms with van der Waals surface area (Å²) in [5, 5.41) is 2.52. The predicted octanol–water partition coefficient (Wildman–Crippen LogP) is 0.827. The van der Waals surface area contributed by atoms with E-state index >= 15 is 0 Å². The standard InChI is InChI=1S/C12H21NO7S/c1-5-17-10(14)9-8(19-21(16)20-9)6-7-13-11(15)18-12(2,3)4/h8-9H,5-7H2,1-4H3,(H,13,15)/t8-,9+,21?/m1/s1. The highest BCUT2D eigenvalue weighted by molar-refractivity contribution is 7.75. The van der Waals surface area contributed by atoms with Gasteiger partial charge in [-0.1, -0.05) is 0 Å². The summed E-state index contributed by atoms with van der Waals surface area (Å²) in [5.41, 5.74) is -0.591. The highest BCUT2D eigenvalue weighted by Crippen LogP contribution is 2.21. The SMILES string of the molecule is CCOC(=O)[C@H]1OS(=O)O[C@@H]1CCNC(=O)OC(C)(C)C. The van der Waals surface area contributed by atoms with Crippen LogP contribution in [0.2, 0.25) is 0 Å². The molecule has 9 heteroatoms. The van der Waals surface area contributed by atoms with Gasteiger partial charge in [0.1, 0.15) is 11.7 Å². The van der Waals surface area contributed by atoms with E-state index in [1.165, 1.54) is 0 Å². The van der Waals surface area contributed by atoms with Crippen LogP contribution in [0.25, 0.3) is 0 Å². The first kappa shape index (κ1) is 17.9. The number of carbonyl (C=O) groups excluding carboxylic acids is 2. The van der Waals surface area contributed by atoms with Crippen molar-refractivity contribution in [2.24, 2.45) is 0 Å². The van der Waals surface area contributed by atoms with Crippen LogP contribution in [0.5, 0.6) is 0 Å². The van der Waals surface area contributed by atoms with Gasteiger partial charge in [0.15, 0.2) is 0 Å². The third-order valence-corrected chi connectivity index (χ3v) is 3.11. The smallest absolute Gasteiger partial charge is 0.407 e. The Morgan fingerprint density at radius 2 is 1.95 bits per heavy atom. The fourth-order valence-corrected chi connectivity index (χ4v) is 2.38. The largest absolute Gasteiger partial charge is 0.464 e. The van der Waals surface area contributed by atoms with Gasteiger partial charge >= 0.3 is 23.4 Å². The first-order chi connectivity index (χ1) is 9.73. The van der Waals surface area contributed by atoms with E-state index in [0.717, 1.165) is 0 Å². The van der Waals surface area contributed by atoms with E-state index in [1.54, 1.807) is 27.7 Å². The van der Waals surface area contributed by atoms with E-state index in [2.05, 4.69) is 5.32 Å². The molecule has 3 atom stereocenters. The monoisotopic (exact) mass is 323 g/mol. The van der Waals surface area contributed by atoms with Gasteiger partial charge in [-0.05, 0) is 34.1 Å². The van der Waals surface area contributed by atoms with Gasteiger partial charge in [-0.25, -0.2) is 9.59 Å². The molecule has 0 spiro atoms. The Bertz CT molecular complexity index is 407. The number of hydrogen-bond donors (Lipinski definition) is 1. The van der Waals surface area contributed by atoms with Gasteiger partial charge in [0.2, 0.25) is 6.10 Å². The number of rotatable bonds is 5. The van der Waals surface area contributed by atoms with Crippen molar-refractivity contribution in [3.8, 4) is 0 Å². The highest BCUT2D eigenvalue weighted by Gasteiger charge is 2.41. The molecule has 0 bridgehead atoms. The maximum atomic E-state index is 11.6. The number of ether oxygens (including phenoxy) is 2. The predicted molar refractivity (Wildman–Crippen MR) is 73.4 cm³/mol. The number of esters is 1. The second kappa shape index (κ2) is 7.71. The lowest BCUT2D eigenvalue weighted by Crippen LogP contribution is -2.37. The summed E-state index contributed by atoms with van der Waals surface area (Å²) >= 11 is -1.98. The number of carbonyl (C=O) groups is 2. The number of alkyl carbamates (subject to hydrolysis) is 1. The van der Waals surface area contributed by atoms with Crippen molar-refractivity contribution >= 4 is 23.4 Å². The first-order valence-electron chi connectivity index (χ1n) is 6.62. The zero-order valence-corrected chi connectivity index (χ0v) is 13.4. The molecule has 0 aromatic heterocycles. The lowest BCUT2D eigenvalue weighted by Gasteiger charge is -2.20. The van der Waals surface area contributed by atoms with Crippen LogP contribution < -0.4 is 5.32 Å². The molecule has 0 aromatic carbocycles. The van der Waals surface area contributed by atoms with E-state index in [9.17, 15) is 13.8 Å². The second-order valence-electron chi connectivity index (χ2n) is 5.33. The maximum absolute atomic E-state index is 11.6. The van der Waals surface area contributed by atoms with Gasteiger partial charge in [0.25, 0.3) is 0 Å². The minimum absolute atomic E-state index is 0.189. The van der Waals surface area contributed by atoms with Gasteiger partial charge in [-0.3, -0.25) is 8.37 Å². The minimum atomic E-state index is -1.98. The highest BCUT2D eigenvalue weighted by atomic mass is 32.2. The molecule has 21 heavy (non-hydrogen) atoms. The molecule has 1 rings (SSSR count). The fourth-order valence-electron chi connectivity index (χ4n) is 1.57. The number of nitrogens with one attached hydrogen (secondary N) is 1. The van der Waals surface area contributed by atoms with Gasteiger partial charge in [-0.15, -0.1) is 0 Å². The molecule has 1 saturated heterocycles. The lowest BCUT2D eigenvalue weighted by molar-refractivity contribution is -0.152. The average molecular weight is 323 g/mol. The second-order valence-corrected chi connectivity index (χ2v) is 6.12. The van der Waals surface area contributed by atoms with Crippen LogP contribution in [0.4, 0.5) is 4.79 Å². The van der Waals surface area contributed by atoms with Crippen molar-refractivity contribution in [3.63, 3.8) is 0 Å². The molecule has 1 N–H and O–H groups in total. The van der Waals surface area contributed by atoms with Crippen molar-refractivity contribution in [2.45, 2.75) is 51.9 Å². The summed E-state index contributed by atoms with van der Waals surface area (Å²) < 4.78 is 30.9. The maximum Gasteiger partial charge on any atom is 0.407 e. The zero-order valence-electron chi connectivity index (χ0n) is 12.5. The molecular formula is C12H21NO7S. The Kier molecular flexibility index (Phi) is 6.56. The van der Waals surface area contributed by atoms with Crippen LogP contribution >= 0.6 is 0 Å². The molecule has 1 fully saturated rings. The molecule has 8 nitrogen and oxygen atoms in total. The summed E-state index contributed by atoms with van der Waals surface area (Å²) in [6.07, 6.45) is -2.12. The van der Waals surface area contributed by atoms with Crippen LogP contribution in [0.1, 0.15) is 34.1 Å². The Morgan fingerprint density at radius 1 is 1.29 bits per heavy atom. The molecule has 1 aliphatic heterocycles. The van der Waals surface area contributed by atoms with E-state index in [-0.39, 0.29) is 19.6 Å². The topological polar surface area (TPSA) is 100 Å². The van der Waals surface area contributed by atoms with Gasteiger partial charge in [0, 0.05) is 6.54 Å².